The molecule has 2 aromatic carbocycles. The zero-order valence-corrected chi connectivity index (χ0v) is 15.9. The summed E-state index contributed by atoms with van der Waals surface area (Å²) in [7, 11) is 0. The van der Waals surface area contributed by atoms with Crippen LogP contribution < -0.4 is 5.32 Å². The number of hydrogen-bond donors (Lipinski definition) is 1. The minimum absolute atomic E-state index is 0.0416. The van der Waals surface area contributed by atoms with Crippen molar-refractivity contribution in [1.29, 1.82) is 0 Å². The number of halogens is 1. The van der Waals surface area contributed by atoms with Crippen LogP contribution in [0.1, 0.15) is 40.5 Å². The van der Waals surface area contributed by atoms with Crippen LogP contribution >= 0.6 is 0 Å². The summed E-state index contributed by atoms with van der Waals surface area (Å²) in [4.78, 5) is 16.5. The van der Waals surface area contributed by atoms with Crippen molar-refractivity contribution in [2.45, 2.75) is 32.7 Å². The second-order valence-corrected chi connectivity index (χ2v) is 7.13. The molecule has 142 valence electrons. The van der Waals surface area contributed by atoms with Gasteiger partial charge in [0.15, 0.2) is 0 Å². The molecule has 1 amide bonds. The first-order chi connectivity index (χ1) is 13.5. The Morgan fingerprint density at radius 2 is 2.07 bits per heavy atom. The number of fused-ring (bicyclic) bond motifs is 1. The lowest BCUT2D eigenvalue weighted by Crippen LogP contribution is -2.25. The fraction of sp³-hybridized carbons (Fsp3) is 0.217. The lowest BCUT2D eigenvalue weighted by Gasteiger charge is -2.12. The number of carbonyl (C=O) groups excluding carboxylic acids is 1. The fourth-order valence-electron chi connectivity index (χ4n) is 3.66. The second kappa shape index (κ2) is 7.43. The summed E-state index contributed by atoms with van der Waals surface area (Å²) in [5.74, 6) is -0.528. The Hall–Kier alpha value is -3.21. The first-order valence-corrected chi connectivity index (χ1v) is 9.40. The van der Waals surface area contributed by atoms with E-state index in [1.807, 2.05) is 26.0 Å². The molecule has 4 rings (SSSR count). The van der Waals surface area contributed by atoms with E-state index in [0.29, 0.717) is 11.3 Å². The molecule has 0 spiro atoms. The Labute approximate surface area is 163 Å². The van der Waals surface area contributed by atoms with Gasteiger partial charge in [0, 0.05) is 11.8 Å². The maximum absolute atomic E-state index is 14.6. The number of aromatic nitrogens is 2. The quantitative estimate of drug-likeness (QED) is 0.685. The summed E-state index contributed by atoms with van der Waals surface area (Å²) < 4.78 is 16.3. The van der Waals surface area contributed by atoms with Crippen LogP contribution in [-0.2, 0) is 11.2 Å². The predicted molar refractivity (Wildman–Crippen MR) is 108 cm³/mol. The summed E-state index contributed by atoms with van der Waals surface area (Å²) in [5.41, 5.74) is 5.33. The van der Waals surface area contributed by atoms with E-state index in [9.17, 15) is 9.18 Å². The second-order valence-electron chi connectivity index (χ2n) is 7.13. The van der Waals surface area contributed by atoms with Crippen molar-refractivity contribution in [2.75, 3.05) is 0 Å². The van der Waals surface area contributed by atoms with Crippen molar-refractivity contribution in [3.05, 3.63) is 88.8 Å². The number of carbonyl (C=O) groups is 1. The number of rotatable bonds is 4. The molecule has 4 nitrogen and oxygen atoms in total. The van der Waals surface area contributed by atoms with Crippen molar-refractivity contribution in [3.8, 4) is 5.69 Å². The molecule has 28 heavy (non-hydrogen) atoms. The highest BCUT2D eigenvalue weighted by Gasteiger charge is 2.22. The Morgan fingerprint density at radius 3 is 2.82 bits per heavy atom. The number of nitrogens with zero attached hydrogens (tertiary/aromatic N) is 2. The first kappa shape index (κ1) is 18.2. The molecule has 1 atom stereocenters. The van der Waals surface area contributed by atoms with Gasteiger partial charge in [0.2, 0.25) is 5.91 Å². The smallest absolute Gasteiger partial charge is 0.244 e. The van der Waals surface area contributed by atoms with E-state index in [1.54, 1.807) is 29.1 Å². The maximum atomic E-state index is 14.6. The molecule has 1 aliphatic rings. The largest absolute Gasteiger partial charge is 0.346 e. The van der Waals surface area contributed by atoms with E-state index >= 15 is 0 Å². The average molecular weight is 375 g/mol. The Bertz CT molecular complexity index is 1070. The van der Waals surface area contributed by atoms with Gasteiger partial charge in [-0.3, -0.25) is 4.79 Å². The standard InChI is InChI=1S/C23H22FN3O/c1-15-16(2)27(14-25-15)22-11-7-17(13-20(22)24)8-12-23(28)26-21-10-9-18-5-3-4-6-19(18)21/h3-8,11-14,21H,9-10H2,1-2H3,(H,26,28). The highest BCUT2D eigenvalue weighted by atomic mass is 19.1. The molecule has 1 unspecified atom stereocenters. The van der Waals surface area contributed by atoms with E-state index in [4.69, 9.17) is 0 Å². The molecule has 1 aliphatic carbocycles. The van der Waals surface area contributed by atoms with Crippen molar-refractivity contribution < 1.29 is 9.18 Å². The van der Waals surface area contributed by atoms with Crippen molar-refractivity contribution in [2.24, 2.45) is 0 Å². The molecule has 0 radical (unpaired) electrons. The topological polar surface area (TPSA) is 46.9 Å². The molecule has 0 fully saturated rings. The lowest BCUT2D eigenvalue weighted by atomic mass is 10.1. The number of imidazole rings is 1. The highest BCUT2D eigenvalue weighted by Crippen LogP contribution is 2.30. The summed E-state index contributed by atoms with van der Waals surface area (Å²) in [6.45, 7) is 3.79. The zero-order chi connectivity index (χ0) is 19.7. The molecule has 3 aromatic rings. The molecular formula is C23H22FN3O. The molecule has 0 bridgehead atoms. The van der Waals surface area contributed by atoms with E-state index in [-0.39, 0.29) is 17.8 Å². The van der Waals surface area contributed by atoms with Crippen LogP contribution in [0.15, 0.2) is 54.9 Å². The predicted octanol–water partition coefficient (Wildman–Crippen LogP) is 4.45. The van der Waals surface area contributed by atoms with E-state index < -0.39 is 0 Å². The molecule has 1 N–H and O–H groups in total. The van der Waals surface area contributed by atoms with E-state index in [0.717, 1.165) is 24.2 Å². The van der Waals surface area contributed by atoms with Gasteiger partial charge in [-0.15, -0.1) is 0 Å². The summed E-state index contributed by atoms with van der Waals surface area (Å²) in [6.07, 6.45) is 6.60. The van der Waals surface area contributed by atoms with Crippen LogP contribution in [0.5, 0.6) is 0 Å². The van der Waals surface area contributed by atoms with Gasteiger partial charge in [-0.05, 0) is 61.6 Å². The van der Waals surface area contributed by atoms with Gasteiger partial charge in [0.1, 0.15) is 5.82 Å². The SMILES string of the molecule is Cc1ncn(-c2ccc(C=CC(=O)NC3CCc4ccccc43)cc2F)c1C. The van der Waals surface area contributed by atoms with Gasteiger partial charge in [0.05, 0.1) is 23.8 Å². The Kier molecular flexibility index (Phi) is 4.82. The number of nitrogens with one attached hydrogen (secondary N) is 1. The lowest BCUT2D eigenvalue weighted by molar-refractivity contribution is -0.117. The monoisotopic (exact) mass is 375 g/mol. The van der Waals surface area contributed by atoms with Crippen LogP contribution in [0.25, 0.3) is 11.8 Å². The minimum Gasteiger partial charge on any atom is -0.346 e. The third-order valence-corrected chi connectivity index (χ3v) is 5.36. The van der Waals surface area contributed by atoms with E-state index in [2.05, 4.69) is 22.4 Å². The molecule has 5 heteroatoms. The molecule has 0 saturated heterocycles. The minimum atomic E-state index is -0.354. The number of aryl methyl sites for hydroxylation is 2. The van der Waals surface area contributed by atoms with Gasteiger partial charge in [-0.1, -0.05) is 30.3 Å². The van der Waals surface area contributed by atoms with Crippen LogP contribution in [0, 0.1) is 19.7 Å². The third-order valence-electron chi connectivity index (χ3n) is 5.36. The van der Waals surface area contributed by atoms with Gasteiger partial charge >= 0.3 is 0 Å². The first-order valence-electron chi connectivity index (χ1n) is 9.40. The highest BCUT2D eigenvalue weighted by molar-refractivity contribution is 5.92. The summed E-state index contributed by atoms with van der Waals surface area (Å²) >= 11 is 0. The Balaban J connectivity index is 1.46. The fourth-order valence-corrected chi connectivity index (χ4v) is 3.66. The number of hydrogen-bond acceptors (Lipinski definition) is 2. The van der Waals surface area contributed by atoms with Crippen LogP contribution in [0.2, 0.25) is 0 Å². The van der Waals surface area contributed by atoms with Crippen LogP contribution in [0.3, 0.4) is 0 Å². The number of benzene rings is 2. The van der Waals surface area contributed by atoms with Crippen molar-refractivity contribution in [1.82, 2.24) is 14.9 Å². The van der Waals surface area contributed by atoms with E-state index in [1.165, 1.54) is 23.3 Å². The third kappa shape index (κ3) is 3.48. The van der Waals surface area contributed by atoms with Gasteiger partial charge < -0.3 is 9.88 Å². The normalized spacial score (nSPS) is 15.8. The molecule has 0 aliphatic heterocycles. The maximum Gasteiger partial charge on any atom is 0.244 e. The molecule has 0 saturated carbocycles. The summed E-state index contributed by atoms with van der Waals surface area (Å²) in [6, 6.07) is 13.1. The van der Waals surface area contributed by atoms with Crippen LogP contribution in [0.4, 0.5) is 4.39 Å². The van der Waals surface area contributed by atoms with Gasteiger partial charge in [-0.25, -0.2) is 9.37 Å². The van der Waals surface area contributed by atoms with Gasteiger partial charge in [0.25, 0.3) is 0 Å². The molecular weight excluding hydrogens is 353 g/mol. The van der Waals surface area contributed by atoms with Crippen molar-refractivity contribution >= 4 is 12.0 Å². The Morgan fingerprint density at radius 1 is 1.25 bits per heavy atom. The summed E-state index contributed by atoms with van der Waals surface area (Å²) in [5, 5.41) is 3.04. The average Bonchev–Trinajstić information content (AvgIpc) is 3.24. The number of amides is 1. The van der Waals surface area contributed by atoms with Crippen molar-refractivity contribution in [3.63, 3.8) is 0 Å². The molecule has 1 aromatic heterocycles. The van der Waals surface area contributed by atoms with Gasteiger partial charge in [-0.2, -0.15) is 0 Å². The zero-order valence-electron chi connectivity index (χ0n) is 15.9. The molecule has 1 heterocycles. The van der Waals surface area contributed by atoms with Crippen LogP contribution in [-0.4, -0.2) is 15.5 Å².